The van der Waals surface area contributed by atoms with Crippen molar-refractivity contribution in [3.63, 3.8) is 0 Å². The fourth-order valence-corrected chi connectivity index (χ4v) is 2.11. The van der Waals surface area contributed by atoms with Crippen LogP contribution < -0.4 is 0 Å². The molecular formula is C9H12N2O3S. The molecule has 1 aromatic rings. The summed E-state index contributed by atoms with van der Waals surface area (Å²) in [5, 5.41) is -0.0827. The third-order valence-electron chi connectivity index (χ3n) is 2.34. The number of rotatable bonds is 1. The van der Waals surface area contributed by atoms with E-state index >= 15 is 0 Å². The fraction of sp³-hybridized carbons (Fsp3) is 0.556. The maximum Gasteiger partial charge on any atom is 0.247 e. The van der Waals surface area contributed by atoms with Crippen LogP contribution in [0.3, 0.4) is 0 Å². The summed E-state index contributed by atoms with van der Waals surface area (Å²) in [5.74, 6) is 0. The molecule has 6 heteroatoms. The predicted octanol–water partition coefficient (Wildman–Crippen LogP) is 0.261. The van der Waals surface area contributed by atoms with Gasteiger partial charge in [-0.2, -0.15) is 0 Å². The van der Waals surface area contributed by atoms with Gasteiger partial charge in [0.1, 0.15) is 0 Å². The van der Waals surface area contributed by atoms with E-state index in [4.69, 9.17) is 4.74 Å². The Hall–Kier alpha value is -1.01. The van der Waals surface area contributed by atoms with Crippen LogP contribution in [0, 0.1) is 6.92 Å². The first-order valence-corrected chi connectivity index (χ1v) is 6.52. The molecule has 0 bridgehead atoms. The first kappa shape index (κ1) is 10.5. The Labute approximate surface area is 88.4 Å². The van der Waals surface area contributed by atoms with Crippen molar-refractivity contribution in [1.29, 1.82) is 0 Å². The molecule has 0 aromatic carbocycles. The SMILES string of the molecule is Cc1nc(S(C)(=O)=O)nc2c1COCC2. The molecule has 0 fully saturated rings. The zero-order valence-electron chi connectivity index (χ0n) is 8.65. The topological polar surface area (TPSA) is 69.2 Å². The van der Waals surface area contributed by atoms with E-state index in [0.29, 0.717) is 25.3 Å². The highest BCUT2D eigenvalue weighted by Gasteiger charge is 2.19. The van der Waals surface area contributed by atoms with Crippen molar-refractivity contribution in [2.45, 2.75) is 25.1 Å². The van der Waals surface area contributed by atoms with Crippen LogP contribution in [-0.2, 0) is 27.6 Å². The summed E-state index contributed by atoms with van der Waals surface area (Å²) in [5.41, 5.74) is 2.42. The zero-order chi connectivity index (χ0) is 11.1. The molecular weight excluding hydrogens is 216 g/mol. The molecule has 0 unspecified atom stereocenters. The highest BCUT2D eigenvalue weighted by atomic mass is 32.2. The number of hydrogen-bond donors (Lipinski definition) is 0. The summed E-state index contributed by atoms with van der Waals surface area (Å²) >= 11 is 0. The molecule has 0 radical (unpaired) electrons. The van der Waals surface area contributed by atoms with Crippen molar-refractivity contribution < 1.29 is 13.2 Å². The Balaban J connectivity index is 2.60. The van der Waals surface area contributed by atoms with Crippen LogP contribution in [0.25, 0.3) is 0 Å². The lowest BCUT2D eigenvalue weighted by molar-refractivity contribution is 0.107. The van der Waals surface area contributed by atoms with E-state index in [1.54, 1.807) is 6.92 Å². The molecule has 0 N–H and O–H groups in total. The first-order chi connectivity index (χ1) is 6.98. The number of aryl methyl sites for hydroxylation is 1. The van der Waals surface area contributed by atoms with E-state index in [1.165, 1.54) is 0 Å². The summed E-state index contributed by atoms with van der Waals surface area (Å²) in [6, 6.07) is 0. The Morgan fingerprint density at radius 3 is 2.73 bits per heavy atom. The highest BCUT2D eigenvalue weighted by molar-refractivity contribution is 7.90. The van der Waals surface area contributed by atoms with Gasteiger partial charge >= 0.3 is 0 Å². The molecule has 5 nitrogen and oxygen atoms in total. The van der Waals surface area contributed by atoms with Crippen LogP contribution in [0.1, 0.15) is 17.0 Å². The number of aromatic nitrogens is 2. The van der Waals surface area contributed by atoms with Crippen molar-refractivity contribution in [2.24, 2.45) is 0 Å². The maximum absolute atomic E-state index is 11.3. The summed E-state index contributed by atoms with van der Waals surface area (Å²) in [6.45, 7) is 2.85. The third kappa shape index (κ3) is 2.00. The molecule has 0 amide bonds. The minimum absolute atomic E-state index is 0.0827. The Morgan fingerprint density at radius 2 is 2.07 bits per heavy atom. The average molecular weight is 228 g/mol. The smallest absolute Gasteiger partial charge is 0.247 e. The standard InChI is InChI=1S/C9H12N2O3S/c1-6-7-5-14-4-3-8(7)11-9(10-6)15(2,12)13/h3-5H2,1-2H3. The number of hydrogen-bond acceptors (Lipinski definition) is 5. The molecule has 15 heavy (non-hydrogen) atoms. The molecule has 1 aliphatic rings. The zero-order valence-corrected chi connectivity index (χ0v) is 9.47. The molecule has 2 heterocycles. The van der Waals surface area contributed by atoms with Gasteiger partial charge in [-0.3, -0.25) is 0 Å². The lowest BCUT2D eigenvalue weighted by atomic mass is 10.1. The van der Waals surface area contributed by atoms with Gasteiger partial charge in [0.2, 0.25) is 15.0 Å². The van der Waals surface area contributed by atoms with E-state index in [-0.39, 0.29) is 5.16 Å². The Bertz CT molecular complexity index is 496. The van der Waals surface area contributed by atoms with Gasteiger partial charge in [-0.05, 0) is 6.92 Å². The molecule has 82 valence electrons. The predicted molar refractivity (Wildman–Crippen MR) is 53.2 cm³/mol. The molecule has 1 aromatic heterocycles. The highest BCUT2D eigenvalue weighted by Crippen LogP contribution is 2.18. The second kappa shape index (κ2) is 3.53. The van der Waals surface area contributed by atoms with Crippen molar-refractivity contribution >= 4 is 9.84 Å². The van der Waals surface area contributed by atoms with Crippen molar-refractivity contribution in [3.8, 4) is 0 Å². The second-order valence-electron chi connectivity index (χ2n) is 3.59. The van der Waals surface area contributed by atoms with Gasteiger partial charge in [0.25, 0.3) is 0 Å². The van der Waals surface area contributed by atoms with Gasteiger partial charge in [-0.1, -0.05) is 0 Å². The Kier molecular flexibility index (Phi) is 2.47. The van der Waals surface area contributed by atoms with Crippen LogP contribution in [0.5, 0.6) is 0 Å². The normalized spacial score (nSPS) is 16.1. The van der Waals surface area contributed by atoms with Crippen LogP contribution in [-0.4, -0.2) is 31.2 Å². The van der Waals surface area contributed by atoms with Crippen LogP contribution >= 0.6 is 0 Å². The number of nitrogens with zero attached hydrogens (tertiary/aromatic N) is 2. The van der Waals surface area contributed by atoms with Gasteiger partial charge < -0.3 is 4.74 Å². The molecule has 0 aliphatic carbocycles. The Morgan fingerprint density at radius 1 is 1.33 bits per heavy atom. The molecule has 2 rings (SSSR count). The quantitative estimate of drug-likeness (QED) is 0.645. The monoisotopic (exact) mass is 228 g/mol. The summed E-state index contributed by atoms with van der Waals surface area (Å²) in [7, 11) is -3.32. The summed E-state index contributed by atoms with van der Waals surface area (Å²) in [6.07, 6.45) is 1.77. The number of sulfone groups is 1. The van der Waals surface area contributed by atoms with Crippen LogP contribution in [0.15, 0.2) is 5.16 Å². The van der Waals surface area contributed by atoms with Crippen molar-refractivity contribution in [1.82, 2.24) is 9.97 Å². The van der Waals surface area contributed by atoms with Gasteiger partial charge in [0.15, 0.2) is 0 Å². The fourth-order valence-electron chi connectivity index (χ4n) is 1.53. The van der Waals surface area contributed by atoms with Gasteiger partial charge in [0.05, 0.1) is 18.9 Å². The van der Waals surface area contributed by atoms with E-state index in [1.807, 2.05) is 0 Å². The van der Waals surface area contributed by atoms with Crippen molar-refractivity contribution in [3.05, 3.63) is 17.0 Å². The van der Waals surface area contributed by atoms with E-state index in [2.05, 4.69) is 9.97 Å². The van der Waals surface area contributed by atoms with Crippen LogP contribution in [0.2, 0.25) is 0 Å². The first-order valence-electron chi connectivity index (χ1n) is 4.62. The van der Waals surface area contributed by atoms with E-state index in [0.717, 1.165) is 17.5 Å². The van der Waals surface area contributed by atoms with Gasteiger partial charge in [-0.25, -0.2) is 18.4 Å². The minimum atomic E-state index is -3.32. The molecule has 0 spiro atoms. The second-order valence-corrected chi connectivity index (χ2v) is 5.50. The maximum atomic E-state index is 11.3. The number of ether oxygens (including phenoxy) is 1. The summed E-state index contributed by atoms with van der Waals surface area (Å²) in [4.78, 5) is 8.04. The largest absolute Gasteiger partial charge is 0.376 e. The third-order valence-corrected chi connectivity index (χ3v) is 3.19. The summed E-state index contributed by atoms with van der Waals surface area (Å²) < 4.78 is 27.9. The molecule has 1 aliphatic heterocycles. The number of fused-ring (bicyclic) bond motifs is 1. The average Bonchev–Trinajstić information content (AvgIpc) is 2.16. The minimum Gasteiger partial charge on any atom is -0.376 e. The van der Waals surface area contributed by atoms with Crippen molar-refractivity contribution in [2.75, 3.05) is 12.9 Å². The van der Waals surface area contributed by atoms with Gasteiger partial charge in [0, 0.05) is 23.9 Å². The lowest BCUT2D eigenvalue weighted by Gasteiger charge is -2.17. The van der Waals surface area contributed by atoms with Gasteiger partial charge in [-0.15, -0.1) is 0 Å². The molecule has 0 saturated heterocycles. The molecule has 0 saturated carbocycles. The lowest BCUT2D eigenvalue weighted by Crippen LogP contribution is -2.17. The van der Waals surface area contributed by atoms with Crippen LogP contribution in [0.4, 0.5) is 0 Å². The molecule has 0 atom stereocenters. The van der Waals surface area contributed by atoms with E-state index < -0.39 is 9.84 Å². The van der Waals surface area contributed by atoms with E-state index in [9.17, 15) is 8.42 Å².